The van der Waals surface area contributed by atoms with Crippen molar-refractivity contribution in [2.45, 2.75) is 19.3 Å². The van der Waals surface area contributed by atoms with Gasteiger partial charge < -0.3 is 5.32 Å². The third kappa shape index (κ3) is 2.19. The van der Waals surface area contributed by atoms with Crippen LogP contribution in [0.15, 0.2) is 18.3 Å². The molecule has 1 fully saturated rings. The minimum atomic E-state index is 0.887. The fourth-order valence-corrected chi connectivity index (χ4v) is 1.21. The minimum absolute atomic E-state index is 0.887. The van der Waals surface area contributed by atoms with E-state index in [0.29, 0.717) is 0 Å². The van der Waals surface area contributed by atoms with Crippen LogP contribution in [0.5, 0.6) is 0 Å². The molecule has 0 saturated heterocycles. The smallest absolute Gasteiger partial charge is 0.148 e. The van der Waals surface area contributed by atoms with Gasteiger partial charge in [0.1, 0.15) is 5.82 Å². The van der Waals surface area contributed by atoms with Crippen LogP contribution in [-0.2, 0) is 0 Å². The Bertz CT molecular complexity index is 231. The molecule has 0 radical (unpaired) electrons. The molecule has 0 aromatic carbocycles. The molecule has 0 aliphatic heterocycles. The fourth-order valence-electron chi connectivity index (χ4n) is 1.21. The molecule has 1 aromatic rings. The second-order valence-electron chi connectivity index (χ2n) is 3.27. The van der Waals surface area contributed by atoms with Gasteiger partial charge in [-0.1, -0.05) is 12.8 Å². The molecule has 3 heteroatoms. The van der Waals surface area contributed by atoms with Crippen molar-refractivity contribution in [2.75, 3.05) is 11.9 Å². The highest BCUT2D eigenvalue weighted by Gasteiger charge is 2.19. The summed E-state index contributed by atoms with van der Waals surface area (Å²) in [7, 11) is 0. The van der Waals surface area contributed by atoms with Crippen molar-refractivity contribution in [1.82, 2.24) is 10.2 Å². The number of aromatic nitrogens is 2. The Morgan fingerprint density at radius 2 is 2.42 bits per heavy atom. The fraction of sp³-hybridized carbons (Fsp3) is 0.556. The van der Waals surface area contributed by atoms with Crippen LogP contribution in [0.1, 0.15) is 19.3 Å². The number of nitrogens with zero attached hydrogens (tertiary/aromatic N) is 2. The van der Waals surface area contributed by atoms with Gasteiger partial charge in [0.2, 0.25) is 0 Å². The number of anilines is 1. The topological polar surface area (TPSA) is 37.8 Å². The van der Waals surface area contributed by atoms with Crippen molar-refractivity contribution in [1.29, 1.82) is 0 Å². The number of nitrogens with one attached hydrogen (secondary N) is 1. The summed E-state index contributed by atoms with van der Waals surface area (Å²) in [6.45, 7) is 1.03. The van der Waals surface area contributed by atoms with Crippen molar-refractivity contribution in [3.63, 3.8) is 0 Å². The zero-order chi connectivity index (χ0) is 8.23. The first-order valence-electron chi connectivity index (χ1n) is 4.47. The Labute approximate surface area is 72.2 Å². The highest BCUT2D eigenvalue weighted by molar-refractivity contribution is 5.31. The average molecular weight is 163 g/mol. The SMILES string of the molecule is c1cnnc(NCCC2CC2)c1. The summed E-state index contributed by atoms with van der Waals surface area (Å²) in [6.07, 6.45) is 5.80. The van der Waals surface area contributed by atoms with Gasteiger partial charge in [0.15, 0.2) is 0 Å². The third-order valence-electron chi connectivity index (χ3n) is 2.13. The monoisotopic (exact) mass is 163 g/mol. The molecule has 1 aliphatic carbocycles. The van der Waals surface area contributed by atoms with E-state index in [2.05, 4.69) is 15.5 Å². The first-order chi connectivity index (χ1) is 5.95. The first-order valence-corrected chi connectivity index (χ1v) is 4.47. The largest absolute Gasteiger partial charge is 0.369 e. The van der Waals surface area contributed by atoms with E-state index in [9.17, 15) is 0 Å². The van der Waals surface area contributed by atoms with Gasteiger partial charge in [0, 0.05) is 12.7 Å². The molecule has 0 atom stereocenters. The number of rotatable bonds is 4. The highest BCUT2D eigenvalue weighted by Crippen LogP contribution is 2.31. The Kier molecular flexibility index (Phi) is 2.21. The van der Waals surface area contributed by atoms with E-state index in [1.165, 1.54) is 19.3 Å². The van der Waals surface area contributed by atoms with Crippen LogP contribution in [0, 0.1) is 5.92 Å². The maximum absolute atomic E-state index is 3.93. The lowest BCUT2D eigenvalue weighted by Gasteiger charge is -2.01. The van der Waals surface area contributed by atoms with Crippen LogP contribution in [0.2, 0.25) is 0 Å². The van der Waals surface area contributed by atoms with E-state index >= 15 is 0 Å². The molecule has 12 heavy (non-hydrogen) atoms. The summed E-state index contributed by atoms with van der Waals surface area (Å²) in [5, 5.41) is 11.0. The molecular formula is C9H13N3. The van der Waals surface area contributed by atoms with Gasteiger partial charge in [-0.05, 0) is 24.5 Å². The van der Waals surface area contributed by atoms with Crippen molar-refractivity contribution in [3.8, 4) is 0 Å². The lowest BCUT2D eigenvalue weighted by atomic mass is 10.3. The van der Waals surface area contributed by atoms with Crippen LogP contribution in [0.4, 0.5) is 5.82 Å². The van der Waals surface area contributed by atoms with Crippen LogP contribution in [0.25, 0.3) is 0 Å². The first kappa shape index (κ1) is 7.53. The normalized spacial score (nSPS) is 16.0. The van der Waals surface area contributed by atoms with E-state index in [-0.39, 0.29) is 0 Å². The summed E-state index contributed by atoms with van der Waals surface area (Å²) >= 11 is 0. The molecular weight excluding hydrogens is 150 g/mol. The Balaban J connectivity index is 1.72. The van der Waals surface area contributed by atoms with Crippen molar-refractivity contribution >= 4 is 5.82 Å². The van der Waals surface area contributed by atoms with Gasteiger partial charge in [0.25, 0.3) is 0 Å². The summed E-state index contributed by atoms with van der Waals surface area (Å²) in [5.74, 6) is 1.87. The molecule has 1 N–H and O–H groups in total. The molecule has 0 bridgehead atoms. The van der Waals surface area contributed by atoms with Crippen LogP contribution >= 0.6 is 0 Å². The van der Waals surface area contributed by atoms with E-state index in [0.717, 1.165) is 18.3 Å². The van der Waals surface area contributed by atoms with Gasteiger partial charge in [-0.3, -0.25) is 0 Å². The van der Waals surface area contributed by atoms with E-state index < -0.39 is 0 Å². The third-order valence-corrected chi connectivity index (χ3v) is 2.13. The predicted molar refractivity (Wildman–Crippen MR) is 47.9 cm³/mol. The predicted octanol–water partition coefficient (Wildman–Crippen LogP) is 1.69. The molecule has 3 nitrogen and oxygen atoms in total. The van der Waals surface area contributed by atoms with Crippen molar-refractivity contribution in [3.05, 3.63) is 18.3 Å². The van der Waals surface area contributed by atoms with Crippen molar-refractivity contribution in [2.24, 2.45) is 5.92 Å². The van der Waals surface area contributed by atoms with E-state index in [1.807, 2.05) is 12.1 Å². The zero-order valence-electron chi connectivity index (χ0n) is 7.03. The van der Waals surface area contributed by atoms with Crippen LogP contribution in [-0.4, -0.2) is 16.7 Å². The van der Waals surface area contributed by atoms with Crippen LogP contribution < -0.4 is 5.32 Å². The lowest BCUT2D eigenvalue weighted by Crippen LogP contribution is -2.04. The van der Waals surface area contributed by atoms with Gasteiger partial charge in [-0.15, -0.1) is 5.10 Å². The van der Waals surface area contributed by atoms with Crippen molar-refractivity contribution < 1.29 is 0 Å². The Hall–Kier alpha value is -1.12. The van der Waals surface area contributed by atoms with Gasteiger partial charge in [-0.25, -0.2) is 0 Å². The Morgan fingerprint density at radius 1 is 1.50 bits per heavy atom. The second-order valence-corrected chi connectivity index (χ2v) is 3.27. The van der Waals surface area contributed by atoms with E-state index in [1.54, 1.807) is 6.20 Å². The molecule has 1 saturated carbocycles. The number of hydrogen-bond acceptors (Lipinski definition) is 3. The molecule has 0 amide bonds. The molecule has 0 unspecified atom stereocenters. The highest BCUT2D eigenvalue weighted by atomic mass is 15.2. The molecule has 1 aliphatic rings. The van der Waals surface area contributed by atoms with E-state index in [4.69, 9.17) is 0 Å². The molecule has 2 rings (SSSR count). The summed E-state index contributed by atoms with van der Waals surface area (Å²) in [4.78, 5) is 0. The standard InChI is InChI=1S/C9H13N3/c1-2-9(12-11-6-1)10-7-5-8-3-4-8/h1-2,6,8H,3-5,7H2,(H,10,12). The average Bonchev–Trinajstić information content (AvgIpc) is 2.90. The van der Waals surface area contributed by atoms with Gasteiger partial charge in [-0.2, -0.15) is 5.10 Å². The maximum Gasteiger partial charge on any atom is 0.148 e. The summed E-state index contributed by atoms with van der Waals surface area (Å²) in [5.41, 5.74) is 0. The molecule has 1 aromatic heterocycles. The molecule has 64 valence electrons. The zero-order valence-corrected chi connectivity index (χ0v) is 7.03. The quantitative estimate of drug-likeness (QED) is 0.734. The minimum Gasteiger partial charge on any atom is -0.369 e. The Morgan fingerprint density at radius 3 is 3.08 bits per heavy atom. The molecule has 0 spiro atoms. The maximum atomic E-state index is 3.93. The van der Waals surface area contributed by atoms with Gasteiger partial charge in [0.05, 0.1) is 0 Å². The summed E-state index contributed by atoms with van der Waals surface area (Å²) < 4.78 is 0. The lowest BCUT2D eigenvalue weighted by molar-refractivity contribution is 0.756. The number of hydrogen-bond donors (Lipinski definition) is 1. The van der Waals surface area contributed by atoms with Crippen LogP contribution in [0.3, 0.4) is 0 Å². The van der Waals surface area contributed by atoms with Gasteiger partial charge >= 0.3 is 0 Å². The summed E-state index contributed by atoms with van der Waals surface area (Å²) in [6, 6.07) is 3.84. The second kappa shape index (κ2) is 3.52. The molecule has 1 heterocycles.